The number of carbonyl (C=O) groups is 2. The van der Waals surface area contributed by atoms with Gasteiger partial charge in [-0.25, -0.2) is 4.98 Å². The number of aryl methyl sites for hydroxylation is 1. The molecule has 9 heteroatoms. The zero-order chi connectivity index (χ0) is 16.3. The van der Waals surface area contributed by atoms with Crippen molar-refractivity contribution in [3.8, 4) is 0 Å². The number of amides is 2. The number of hydrogen-bond donors (Lipinski definition) is 1. The Balaban J connectivity index is 2.30. The summed E-state index contributed by atoms with van der Waals surface area (Å²) in [7, 11) is 0. The number of hydrogen-bond acceptors (Lipinski definition) is 4. The maximum Gasteiger partial charge on any atom is 0.410 e. The number of anilines is 2. The van der Waals surface area contributed by atoms with Gasteiger partial charge in [0.2, 0.25) is 12.8 Å². The summed E-state index contributed by atoms with van der Waals surface area (Å²) in [6.07, 6.45) is -3.58. The fourth-order valence-electron chi connectivity index (χ4n) is 2.38. The van der Waals surface area contributed by atoms with Gasteiger partial charge in [-0.3, -0.25) is 9.59 Å². The Labute approximate surface area is 124 Å². The lowest BCUT2D eigenvalue weighted by Gasteiger charge is -2.41. The molecule has 1 aromatic heterocycles. The first-order valence-electron chi connectivity index (χ1n) is 6.57. The van der Waals surface area contributed by atoms with Crippen LogP contribution >= 0.6 is 0 Å². The molecule has 0 spiro atoms. The molecule has 0 aromatic carbocycles. The van der Waals surface area contributed by atoms with Crippen molar-refractivity contribution in [1.82, 2.24) is 9.88 Å². The van der Waals surface area contributed by atoms with Gasteiger partial charge in [-0.15, -0.1) is 0 Å². The van der Waals surface area contributed by atoms with E-state index in [-0.39, 0.29) is 18.9 Å². The van der Waals surface area contributed by atoms with E-state index in [1.165, 1.54) is 12.1 Å². The van der Waals surface area contributed by atoms with Gasteiger partial charge in [0.05, 0.1) is 11.4 Å². The van der Waals surface area contributed by atoms with Crippen molar-refractivity contribution in [2.45, 2.75) is 19.1 Å². The van der Waals surface area contributed by atoms with Crippen LogP contribution in [-0.2, 0) is 9.59 Å². The van der Waals surface area contributed by atoms with Gasteiger partial charge in [-0.2, -0.15) is 13.2 Å². The van der Waals surface area contributed by atoms with Crippen LogP contribution in [0.2, 0.25) is 0 Å². The molecule has 1 atom stereocenters. The van der Waals surface area contributed by atoms with Gasteiger partial charge < -0.3 is 15.1 Å². The number of rotatable bonds is 4. The quantitative estimate of drug-likeness (QED) is 0.847. The summed E-state index contributed by atoms with van der Waals surface area (Å²) in [5.74, 6) is 0.168. The van der Waals surface area contributed by atoms with Gasteiger partial charge in [0.25, 0.3) is 0 Å². The molecule has 2 rings (SSSR count). The number of carbonyl (C=O) groups excluding carboxylic acids is 2. The maximum absolute atomic E-state index is 13.2. The van der Waals surface area contributed by atoms with Gasteiger partial charge in [0, 0.05) is 19.6 Å². The lowest BCUT2D eigenvalue weighted by molar-refractivity contribution is -0.158. The lowest BCUT2D eigenvalue weighted by atomic mass is 10.1. The third-order valence-electron chi connectivity index (χ3n) is 3.52. The van der Waals surface area contributed by atoms with Gasteiger partial charge in [-0.1, -0.05) is 0 Å². The Morgan fingerprint density at radius 2 is 2.05 bits per heavy atom. The molecule has 1 aliphatic heterocycles. The molecule has 0 bridgehead atoms. The molecule has 0 aliphatic carbocycles. The second-order valence-corrected chi connectivity index (χ2v) is 4.92. The predicted molar refractivity (Wildman–Crippen MR) is 73.5 cm³/mol. The lowest BCUT2D eigenvalue weighted by Crippen LogP contribution is -2.59. The van der Waals surface area contributed by atoms with Crippen LogP contribution in [0.25, 0.3) is 0 Å². The minimum absolute atomic E-state index is 0.0375. The molecule has 22 heavy (non-hydrogen) atoms. The Morgan fingerprint density at radius 1 is 1.32 bits per heavy atom. The highest BCUT2D eigenvalue weighted by molar-refractivity contribution is 5.73. The molecule has 1 fully saturated rings. The molecule has 1 unspecified atom stereocenters. The zero-order valence-corrected chi connectivity index (χ0v) is 11.8. The third-order valence-corrected chi connectivity index (χ3v) is 3.52. The van der Waals surface area contributed by atoms with Crippen LogP contribution in [0.1, 0.15) is 5.69 Å². The summed E-state index contributed by atoms with van der Waals surface area (Å²) in [6, 6.07) is 1.13. The molecule has 0 radical (unpaired) electrons. The highest BCUT2D eigenvalue weighted by Crippen LogP contribution is 2.31. The molecular formula is C13H15F3N4O2. The highest BCUT2D eigenvalue weighted by Gasteiger charge is 2.47. The first-order chi connectivity index (χ1) is 10.4. The second kappa shape index (κ2) is 6.20. The number of nitrogens with zero attached hydrogens (tertiary/aromatic N) is 3. The van der Waals surface area contributed by atoms with Gasteiger partial charge in [-0.05, 0) is 19.1 Å². The molecule has 2 amide bonds. The predicted octanol–water partition coefficient (Wildman–Crippen LogP) is 1.17. The normalized spacial score (nSPS) is 19.0. The number of pyridine rings is 1. The third kappa shape index (κ3) is 3.29. The van der Waals surface area contributed by atoms with Crippen molar-refractivity contribution in [2.75, 3.05) is 29.9 Å². The molecule has 1 N–H and O–H groups in total. The Kier molecular flexibility index (Phi) is 4.53. The molecule has 120 valence electrons. The number of nitrogens with one attached hydrogen (secondary N) is 1. The van der Waals surface area contributed by atoms with Crippen LogP contribution in [0.3, 0.4) is 0 Å². The van der Waals surface area contributed by atoms with E-state index in [0.717, 1.165) is 9.80 Å². The molecule has 2 heterocycles. The summed E-state index contributed by atoms with van der Waals surface area (Å²) in [6.45, 7) is 1.41. The number of aromatic nitrogens is 1. The largest absolute Gasteiger partial charge is 0.410 e. The van der Waals surface area contributed by atoms with E-state index < -0.39 is 18.8 Å². The van der Waals surface area contributed by atoms with Crippen LogP contribution < -0.4 is 10.2 Å². The summed E-state index contributed by atoms with van der Waals surface area (Å²) < 4.78 is 39.6. The number of piperazine rings is 1. The Morgan fingerprint density at radius 3 is 2.59 bits per heavy atom. The fraction of sp³-hybridized carbons (Fsp3) is 0.462. The minimum atomic E-state index is -4.48. The van der Waals surface area contributed by atoms with Crippen molar-refractivity contribution >= 4 is 24.3 Å². The van der Waals surface area contributed by atoms with Crippen molar-refractivity contribution in [1.29, 1.82) is 0 Å². The van der Waals surface area contributed by atoms with Crippen molar-refractivity contribution in [3.63, 3.8) is 0 Å². The SMILES string of the molecule is Cc1nc(N2CCN(C=O)CC2C(F)(F)F)ccc1NC=O. The summed E-state index contributed by atoms with van der Waals surface area (Å²) in [5.41, 5.74) is 0.858. The monoisotopic (exact) mass is 316 g/mol. The number of alkyl halides is 3. The van der Waals surface area contributed by atoms with E-state index in [1.807, 2.05) is 0 Å². The molecule has 6 nitrogen and oxygen atoms in total. The summed E-state index contributed by atoms with van der Waals surface area (Å²) in [5, 5.41) is 2.43. The van der Waals surface area contributed by atoms with Gasteiger partial charge in [0.15, 0.2) is 0 Å². The molecular weight excluding hydrogens is 301 g/mol. The summed E-state index contributed by atoms with van der Waals surface area (Å²) in [4.78, 5) is 27.5. The van der Waals surface area contributed by atoms with Crippen LogP contribution in [0.4, 0.5) is 24.7 Å². The fourth-order valence-corrected chi connectivity index (χ4v) is 2.38. The highest BCUT2D eigenvalue weighted by atomic mass is 19.4. The molecule has 1 aliphatic rings. The Bertz CT molecular complexity index is 565. The smallest absolute Gasteiger partial charge is 0.341 e. The van der Waals surface area contributed by atoms with Gasteiger partial charge >= 0.3 is 6.18 Å². The Hall–Kier alpha value is -2.32. The van der Waals surface area contributed by atoms with Crippen LogP contribution in [-0.4, -0.2) is 54.6 Å². The molecule has 0 saturated carbocycles. The van der Waals surface area contributed by atoms with Crippen molar-refractivity contribution in [2.24, 2.45) is 0 Å². The van der Waals surface area contributed by atoms with E-state index >= 15 is 0 Å². The molecule has 1 saturated heterocycles. The maximum atomic E-state index is 13.2. The van der Waals surface area contributed by atoms with Gasteiger partial charge in [0.1, 0.15) is 11.9 Å². The van der Waals surface area contributed by atoms with E-state index in [4.69, 9.17) is 0 Å². The van der Waals surface area contributed by atoms with E-state index in [0.29, 0.717) is 24.2 Å². The standard InChI is InChI=1S/C13H15F3N4O2/c1-9-10(17-7-21)2-3-12(18-9)20-5-4-19(8-22)6-11(20)13(14,15)16/h2-3,7-8,11H,4-6H2,1H3,(H,17,21). The summed E-state index contributed by atoms with van der Waals surface area (Å²) >= 11 is 0. The van der Waals surface area contributed by atoms with Crippen LogP contribution in [0.5, 0.6) is 0 Å². The number of halogens is 3. The zero-order valence-electron chi connectivity index (χ0n) is 11.8. The topological polar surface area (TPSA) is 65.5 Å². The van der Waals surface area contributed by atoms with E-state index in [9.17, 15) is 22.8 Å². The van der Waals surface area contributed by atoms with Crippen molar-refractivity contribution in [3.05, 3.63) is 17.8 Å². The first kappa shape index (κ1) is 16.1. The van der Waals surface area contributed by atoms with E-state index in [2.05, 4.69) is 10.3 Å². The minimum Gasteiger partial charge on any atom is -0.341 e. The molecule has 1 aromatic rings. The van der Waals surface area contributed by atoms with Crippen LogP contribution in [0, 0.1) is 6.92 Å². The second-order valence-electron chi connectivity index (χ2n) is 4.92. The van der Waals surface area contributed by atoms with Crippen molar-refractivity contribution < 1.29 is 22.8 Å². The van der Waals surface area contributed by atoms with Crippen LogP contribution in [0.15, 0.2) is 12.1 Å². The first-order valence-corrected chi connectivity index (χ1v) is 6.57. The average Bonchev–Trinajstić information content (AvgIpc) is 2.48. The van der Waals surface area contributed by atoms with E-state index in [1.54, 1.807) is 6.92 Å². The average molecular weight is 316 g/mol.